The van der Waals surface area contributed by atoms with Gasteiger partial charge in [-0.2, -0.15) is 11.8 Å². The predicted molar refractivity (Wildman–Crippen MR) is 87.6 cm³/mol. The van der Waals surface area contributed by atoms with E-state index >= 15 is 0 Å². The Labute approximate surface area is 138 Å². The van der Waals surface area contributed by atoms with E-state index in [1.807, 2.05) is 11.8 Å². The van der Waals surface area contributed by atoms with Crippen LogP contribution in [-0.4, -0.2) is 35.0 Å². The van der Waals surface area contributed by atoms with Crippen LogP contribution >= 0.6 is 23.4 Å². The minimum atomic E-state index is -1.56. The zero-order valence-corrected chi connectivity index (χ0v) is 13.7. The zero-order chi connectivity index (χ0) is 15.7. The number of nitrogens with one attached hydrogen (secondary N) is 2. The largest absolute Gasteiger partial charge is 0.466 e. The maximum atomic E-state index is 12.5. The van der Waals surface area contributed by atoms with Crippen molar-refractivity contribution in [1.29, 1.82) is 0 Å². The van der Waals surface area contributed by atoms with Crippen LogP contribution in [0, 0.1) is 0 Å². The van der Waals surface area contributed by atoms with Gasteiger partial charge in [-0.15, -0.1) is 0 Å². The van der Waals surface area contributed by atoms with Crippen molar-refractivity contribution in [2.45, 2.75) is 31.4 Å². The number of carbonyl (C=O) groups is 2. The molecule has 0 saturated carbocycles. The van der Waals surface area contributed by atoms with Gasteiger partial charge in [0, 0.05) is 11.1 Å². The number of halogens is 1. The minimum Gasteiger partial charge on any atom is -0.466 e. The molecule has 2 aliphatic heterocycles. The van der Waals surface area contributed by atoms with E-state index in [1.165, 1.54) is 6.92 Å². The standard InChI is InChI=1S/C15H17ClN2O3S/c1-15(13(19)17-10-4-6-22-7-5-10)14(20)18-11-8-9(16)2-3-12(11)21-15/h2-3,8,10H,4-7H2,1H3,(H,17,19)(H,18,20). The second-order valence-corrected chi connectivity index (χ2v) is 7.25. The quantitative estimate of drug-likeness (QED) is 0.811. The molecule has 2 heterocycles. The molecule has 3 rings (SSSR count). The van der Waals surface area contributed by atoms with E-state index in [1.54, 1.807) is 18.2 Å². The van der Waals surface area contributed by atoms with Crippen molar-refractivity contribution < 1.29 is 14.3 Å². The number of anilines is 1. The van der Waals surface area contributed by atoms with Crippen molar-refractivity contribution >= 4 is 40.9 Å². The summed E-state index contributed by atoms with van der Waals surface area (Å²) in [6.07, 6.45) is 1.83. The fourth-order valence-corrected chi connectivity index (χ4v) is 3.79. The lowest BCUT2D eigenvalue weighted by atomic mass is 10.0. The summed E-state index contributed by atoms with van der Waals surface area (Å²) >= 11 is 7.78. The van der Waals surface area contributed by atoms with E-state index < -0.39 is 17.4 Å². The molecule has 0 radical (unpaired) electrons. The number of fused-ring (bicyclic) bond motifs is 1. The molecule has 5 nitrogen and oxygen atoms in total. The number of benzene rings is 1. The molecule has 1 aromatic rings. The molecule has 0 bridgehead atoms. The predicted octanol–water partition coefficient (Wildman–Crippen LogP) is 2.44. The summed E-state index contributed by atoms with van der Waals surface area (Å²) in [5.41, 5.74) is -1.08. The number of ether oxygens (including phenoxy) is 1. The summed E-state index contributed by atoms with van der Waals surface area (Å²) in [6.45, 7) is 1.49. The third-order valence-corrected chi connectivity index (χ3v) is 5.21. The average Bonchev–Trinajstić information content (AvgIpc) is 2.50. The first-order valence-electron chi connectivity index (χ1n) is 7.18. The summed E-state index contributed by atoms with van der Waals surface area (Å²) in [7, 11) is 0. The van der Waals surface area contributed by atoms with E-state index in [2.05, 4.69) is 10.6 Å². The van der Waals surface area contributed by atoms with E-state index in [9.17, 15) is 9.59 Å². The van der Waals surface area contributed by atoms with Gasteiger partial charge in [-0.3, -0.25) is 9.59 Å². The van der Waals surface area contributed by atoms with Crippen LogP contribution in [0.1, 0.15) is 19.8 Å². The van der Waals surface area contributed by atoms with E-state index in [0.29, 0.717) is 16.5 Å². The lowest BCUT2D eigenvalue weighted by Crippen LogP contribution is -2.60. The minimum absolute atomic E-state index is 0.105. The number of hydrogen-bond donors (Lipinski definition) is 2. The number of hydrogen-bond acceptors (Lipinski definition) is 4. The molecule has 22 heavy (non-hydrogen) atoms. The van der Waals surface area contributed by atoms with Crippen molar-refractivity contribution in [2.75, 3.05) is 16.8 Å². The van der Waals surface area contributed by atoms with Crippen molar-refractivity contribution in [3.63, 3.8) is 0 Å². The lowest BCUT2D eigenvalue weighted by Gasteiger charge is -2.35. The molecular formula is C15H17ClN2O3S. The molecule has 0 aliphatic carbocycles. The molecule has 0 spiro atoms. The molecule has 7 heteroatoms. The SMILES string of the molecule is CC1(C(=O)NC2CCSCC2)Oc2ccc(Cl)cc2NC1=O. The second-order valence-electron chi connectivity index (χ2n) is 5.59. The highest BCUT2D eigenvalue weighted by molar-refractivity contribution is 7.99. The summed E-state index contributed by atoms with van der Waals surface area (Å²) in [6, 6.07) is 5.02. The van der Waals surface area contributed by atoms with Gasteiger partial charge in [-0.25, -0.2) is 0 Å². The molecule has 118 valence electrons. The van der Waals surface area contributed by atoms with Crippen LogP contribution in [0.15, 0.2) is 18.2 Å². The average molecular weight is 341 g/mol. The van der Waals surface area contributed by atoms with Crippen LogP contribution in [-0.2, 0) is 9.59 Å². The first-order valence-corrected chi connectivity index (χ1v) is 8.71. The highest BCUT2D eigenvalue weighted by atomic mass is 35.5. The lowest BCUT2D eigenvalue weighted by molar-refractivity contribution is -0.147. The normalized spacial score (nSPS) is 24.9. The number of rotatable bonds is 2. The topological polar surface area (TPSA) is 67.4 Å². The fourth-order valence-electron chi connectivity index (χ4n) is 2.51. The molecule has 1 aromatic carbocycles. The molecule has 1 saturated heterocycles. The first kappa shape index (κ1) is 15.5. The Morgan fingerprint density at radius 3 is 2.91 bits per heavy atom. The van der Waals surface area contributed by atoms with Gasteiger partial charge in [0.25, 0.3) is 17.4 Å². The van der Waals surface area contributed by atoms with Gasteiger partial charge in [-0.05, 0) is 49.5 Å². The van der Waals surface area contributed by atoms with Crippen molar-refractivity contribution in [3.05, 3.63) is 23.2 Å². The molecule has 2 amide bonds. The second kappa shape index (κ2) is 6.01. The Hall–Kier alpha value is -1.40. The summed E-state index contributed by atoms with van der Waals surface area (Å²) in [4.78, 5) is 24.9. The van der Waals surface area contributed by atoms with Crippen LogP contribution < -0.4 is 15.4 Å². The summed E-state index contributed by atoms with van der Waals surface area (Å²) < 4.78 is 5.70. The molecule has 2 aliphatic rings. The molecule has 2 N–H and O–H groups in total. The summed E-state index contributed by atoms with van der Waals surface area (Å²) in [5, 5.41) is 6.13. The van der Waals surface area contributed by atoms with Gasteiger partial charge in [0.1, 0.15) is 5.75 Å². The molecule has 0 aromatic heterocycles. The number of carbonyl (C=O) groups excluding carboxylic acids is 2. The monoisotopic (exact) mass is 340 g/mol. The van der Waals surface area contributed by atoms with E-state index in [4.69, 9.17) is 16.3 Å². The molecule has 1 fully saturated rings. The Morgan fingerprint density at radius 2 is 2.18 bits per heavy atom. The third-order valence-electron chi connectivity index (χ3n) is 3.93. The van der Waals surface area contributed by atoms with Crippen LogP contribution in [0.3, 0.4) is 0 Å². The van der Waals surface area contributed by atoms with Crippen LogP contribution in [0.4, 0.5) is 5.69 Å². The van der Waals surface area contributed by atoms with Crippen LogP contribution in [0.25, 0.3) is 0 Å². The maximum Gasteiger partial charge on any atom is 0.278 e. The first-order chi connectivity index (χ1) is 10.5. The van der Waals surface area contributed by atoms with Gasteiger partial charge < -0.3 is 15.4 Å². The zero-order valence-electron chi connectivity index (χ0n) is 12.1. The van der Waals surface area contributed by atoms with Crippen LogP contribution in [0.5, 0.6) is 5.75 Å². The van der Waals surface area contributed by atoms with Gasteiger partial charge in [0.2, 0.25) is 0 Å². The molecular weight excluding hydrogens is 324 g/mol. The fraction of sp³-hybridized carbons (Fsp3) is 0.467. The van der Waals surface area contributed by atoms with Gasteiger partial charge in [0.05, 0.1) is 5.69 Å². The van der Waals surface area contributed by atoms with E-state index in [0.717, 1.165) is 24.3 Å². The summed E-state index contributed by atoms with van der Waals surface area (Å²) in [5.74, 6) is 1.61. The Morgan fingerprint density at radius 1 is 1.45 bits per heavy atom. The Kier molecular flexibility index (Phi) is 4.23. The third kappa shape index (κ3) is 2.90. The number of thioether (sulfide) groups is 1. The molecule has 1 atom stereocenters. The molecule has 1 unspecified atom stereocenters. The highest BCUT2D eigenvalue weighted by Gasteiger charge is 2.47. The maximum absolute atomic E-state index is 12.5. The number of amides is 2. The van der Waals surface area contributed by atoms with Gasteiger partial charge >= 0.3 is 0 Å². The Bertz CT molecular complexity index is 619. The van der Waals surface area contributed by atoms with Crippen molar-refractivity contribution in [3.8, 4) is 5.75 Å². The van der Waals surface area contributed by atoms with E-state index in [-0.39, 0.29) is 6.04 Å². The Balaban J connectivity index is 1.78. The van der Waals surface area contributed by atoms with Crippen molar-refractivity contribution in [1.82, 2.24) is 5.32 Å². The van der Waals surface area contributed by atoms with Gasteiger partial charge in [0.15, 0.2) is 0 Å². The van der Waals surface area contributed by atoms with Crippen molar-refractivity contribution in [2.24, 2.45) is 0 Å². The van der Waals surface area contributed by atoms with Gasteiger partial charge in [-0.1, -0.05) is 11.6 Å². The smallest absolute Gasteiger partial charge is 0.278 e. The highest BCUT2D eigenvalue weighted by Crippen LogP contribution is 2.35. The van der Waals surface area contributed by atoms with Crippen LogP contribution in [0.2, 0.25) is 5.02 Å².